The van der Waals surface area contributed by atoms with Crippen molar-refractivity contribution >= 4 is 10.1 Å². The van der Waals surface area contributed by atoms with Crippen LogP contribution in [0, 0.1) is 6.92 Å². The molecule has 3 rings (SSSR count). The normalized spacial score (nSPS) is 34.2. The average molecular weight is 374 g/mol. The smallest absolute Gasteiger partial charge is 0.297 e. The zero-order valence-electron chi connectivity index (χ0n) is 14.2. The minimum atomic E-state index is -4.00. The van der Waals surface area contributed by atoms with Gasteiger partial charge in [-0.25, -0.2) is 0 Å². The van der Waals surface area contributed by atoms with Crippen LogP contribution in [0.25, 0.3) is 0 Å². The SMILES string of the molecule is Cc1ccc(S(=O)(=O)OC[C@@H]2O[C@@]3(CO)OC(C)(C)O[C@@H]3[C@H]2O)cc1. The second kappa shape index (κ2) is 6.27. The molecule has 0 unspecified atom stereocenters. The van der Waals surface area contributed by atoms with Crippen LogP contribution in [0.15, 0.2) is 29.2 Å². The fraction of sp³-hybridized carbons (Fsp3) is 0.625. The van der Waals surface area contributed by atoms with Gasteiger partial charge in [-0.1, -0.05) is 17.7 Å². The molecule has 140 valence electrons. The first-order valence-corrected chi connectivity index (χ1v) is 9.30. The van der Waals surface area contributed by atoms with Gasteiger partial charge in [-0.2, -0.15) is 8.42 Å². The minimum Gasteiger partial charge on any atom is -0.391 e. The maximum absolute atomic E-state index is 12.2. The quantitative estimate of drug-likeness (QED) is 0.708. The molecule has 2 fully saturated rings. The van der Waals surface area contributed by atoms with Crippen LogP contribution in [0.1, 0.15) is 19.4 Å². The van der Waals surface area contributed by atoms with Crippen LogP contribution in [-0.4, -0.2) is 61.7 Å². The molecule has 2 aliphatic heterocycles. The Morgan fingerprint density at radius 2 is 1.84 bits per heavy atom. The standard InChI is InChI=1S/C16H22O8S/c1-10-4-6-11(7-5-10)25(19,20)21-8-12-13(18)14-16(9-17,22-12)24-15(2,3)23-14/h4-7,12-14,17-18H,8-9H2,1-3H3/t12-,13-,14+,16-/m0/s1. The highest BCUT2D eigenvalue weighted by molar-refractivity contribution is 7.86. The molecule has 4 atom stereocenters. The Bertz CT molecular complexity index is 729. The van der Waals surface area contributed by atoms with E-state index in [1.54, 1.807) is 26.0 Å². The van der Waals surface area contributed by atoms with E-state index in [9.17, 15) is 18.6 Å². The Labute approximate surface area is 146 Å². The number of benzene rings is 1. The number of fused-ring (bicyclic) bond motifs is 1. The van der Waals surface area contributed by atoms with Crippen molar-refractivity contribution in [2.75, 3.05) is 13.2 Å². The summed E-state index contributed by atoms with van der Waals surface area (Å²) < 4.78 is 46.2. The van der Waals surface area contributed by atoms with Crippen LogP contribution in [0.2, 0.25) is 0 Å². The summed E-state index contributed by atoms with van der Waals surface area (Å²) in [5.41, 5.74) is 0.920. The Balaban J connectivity index is 1.70. The lowest BCUT2D eigenvalue weighted by atomic mass is 10.1. The van der Waals surface area contributed by atoms with E-state index in [4.69, 9.17) is 18.4 Å². The van der Waals surface area contributed by atoms with Gasteiger partial charge >= 0.3 is 0 Å². The lowest BCUT2D eigenvalue weighted by Gasteiger charge is -2.26. The average Bonchev–Trinajstić information content (AvgIpc) is 2.95. The number of aliphatic hydroxyl groups excluding tert-OH is 2. The molecule has 2 saturated heterocycles. The maximum atomic E-state index is 12.2. The second-order valence-corrected chi connectivity index (χ2v) is 8.32. The zero-order chi connectivity index (χ0) is 18.5. The zero-order valence-corrected chi connectivity index (χ0v) is 15.0. The topological polar surface area (TPSA) is 112 Å². The Hall–Kier alpha value is -1.07. The molecule has 2 heterocycles. The fourth-order valence-corrected chi connectivity index (χ4v) is 3.98. The Kier molecular flexibility index (Phi) is 4.70. The molecule has 0 amide bonds. The van der Waals surface area contributed by atoms with Gasteiger partial charge in [0, 0.05) is 0 Å². The summed E-state index contributed by atoms with van der Waals surface area (Å²) >= 11 is 0. The van der Waals surface area contributed by atoms with Crippen LogP contribution in [-0.2, 0) is 28.5 Å². The van der Waals surface area contributed by atoms with Crippen molar-refractivity contribution in [3.8, 4) is 0 Å². The molecule has 2 aliphatic rings. The third-order valence-corrected chi connectivity index (χ3v) is 5.52. The molecular formula is C16H22O8S. The van der Waals surface area contributed by atoms with E-state index in [1.165, 1.54) is 12.1 Å². The van der Waals surface area contributed by atoms with E-state index < -0.39 is 53.2 Å². The molecule has 0 aliphatic carbocycles. The van der Waals surface area contributed by atoms with Gasteiger partial charge in [0.05, 0.1) is 11.5 Å². The second-order valence-electron chi connectivity index (χ2n) is 6.71. The molecule has 0 aromatic heterocycles. The van der Waals surface area contributed by atoms with Crippen molar-refractivity contribution in [1.29, 1.82) is 0 Å². The summed E-state index contributed by atoms with van der Waals surface area (Å²) in [6.07, 6.45) is -3.17. The van der Waals surface area contributed by atoms with E-state index in [2.05, 4.69) is 0 Å². The van der Waals surface area contributed by atoms with Gasteiger partial charge in [0.2, 0.25) is 5.79 Å². The third-order valence-electron chi connectivity index (χ3n) is 4.22. The number of aryl methyl sites for hydroxylation is 1. The highest BCUT2D eigenvalue weighted by atomic mass is 32.2. The molecule has 0 spiro atoms. The van der Waals surface area contributed by atoms with Gasteiger partial charge in [0.25, 0.3) is 10.1 Å². The van der Waals surface area contributed by atoms with Crippen molar-refractivity contribution < 1.29 is 37.0 Å². The summed E-state index contributed by atoms with van der Waals surface area (Å²) in [6.45, 7) is 4.13. The molecule has 0 radical (unpaired) electrons. The van der Waals surface area contributed by atoms with Gasteiger partial charge in [0.15, 0.2) is 5.79 Å². The summed E-state index contributed by atoms with van der Waals surface area (Å²) in [4.78, 5) is 0.0104. The van der Waals surface area contributed by atoms with Gasteiger partial charge in [0.1, 0.15) is 24.9 Å². The first kappa shape index (κ1) is 18.7. The van der Waals surface area contributed by atoms with Crippen molar-refractivity contribution in [2.45, 2.75) is 55.6 Å². The van der Waals surface area contributed by atoms with Crippen LogP contribution >= 0.6 is 0 Å². The lowest BCUT2D eigenvalue weighted by molar-refractivity contribution is -0.275. The van der Waals surface area contributed by atoms with Crippen LogP contribution < -0.4 is 0 Å². The monoisotopic (exact) mass is 374 g/mol. The van der Waals surface area contributed by atoms with Crippen molar-refractivity contribution in [3.05, 3.63) is 29.8 Å². The summed E-state index contributed by atoms with van der Waals surface area (Å²) in [7, 11) is -4.00. The first-order valence-electron chi connectivity index (χ1n) is 7.89. The predicted molar refractivity (Wildman–Crippen MR) is 85.1 cm³/mol. The van der Waals surface area contributed by atoms with E-state index in [0.29, 0.717) is 0 Å². The largest absolute Gasteiger partial charge is 0.391 e. The van der Waals surface area contributed by atoms with E-state index in [0.717, 1.165) is 5.56 Å². The minimum absolute atomic E-state index is 0.0104. The van der Waals surface area contributed by atoms with Crippen LogP contribution in [0.4, 0.5) is 0 Å². The van der Waals surface area contributed by atoms with Gasteiger partial charge in [-0.05, 0) is 32.9 Å². The van der Waals surface area contributed by atoms with Gasteiger partial charge in [-0.3, -0.25) is 4.18 Å². The van der Waals surface area contributed by atoms with Crippen LogP contribution in [0.3, 0.4) is 0 Å². The molecule has 25 heavy (non-hydrogen) atoms. The molecule has 2 N–H and O–H groups in total. The van der Waals surface area contributed by atoms with E-state index >= 15 is 0 Å². The van der Waals surface area contributed by atoms with Crippen molar-refractivity contribution in [1.82, 2.24) is 0 Å². The number of aliphatic hydroxyl groups is 2. The molecule has 8 nitrogen and oxygen atoms in total. The molecule has 1 aromatic rings. The van der Waals surface area contributed by atoms with Gasteiger partial charge in [-0.15, -0.1) is 0 Å². The molecule has 1 aromatic carbocycles. The van der Waals surface area contributed by atoms with E-state index in [-0.39, 0.29) is 4.90 Å². The first-order chi connectivity index (χ1) is 11.6. The predicted octanol–water partition coefficient (Wildman–Crippen LogP) is 0.300. The number of hydrogen-bond acceptors (Lipinski definition) is 8. The highest BCUT2D eigenvalue weighted by Gasteiger charge is 2.64. The van der Waals surface area contributed by atoms with Crippen LogP contribution in [0.5, 0.6) is 0 Å². The third kappa shape index (κ3) is 3.45. The van der Waals surface area contributed by atoms with Crippen molar-refractivity contribution in [2.24, 2.45) is 0 Å². The summed E-state index contributed by atoms with van der Waals surface area (Å²) in [6, 6.07) is 6.20. The summed E-state index contributed by atoms with van der Waals surface area (Å²) in [5, 5.41) is 20.0. The Morgan fingerprint density at radius 3 is 2.40 bits per heavy atom. The molecule has 0 saturated carbocycles. The lowest BCUT2D eigenvalue weighted by Crippen LogP contribution is -2.43. The number of rotatable bonds is 5. The van der Waals surface area contributed by atoms with Crippen molar-refractivity contribution in [3.63, 3.8) is 0 Å². The van der Waals surface area contributed by atoms with E-state index in [1.807, 2.05) is 6.92 Å². The number of hydrogen-bond donors (Lipinski definition) is 2. The summed E-state index contributed by atoms with van der Waals surface area (Å²) in [5.74, 6) is -2.57. The maximum Gasteiger partial charge on any atom is 0.297 e. The van der Waals surface area contributed by atoms with Gasteiger partial charge < -0.3 is 24.4 Å². The Morgan fingerprint density at radius 1 is 1.20 bits per heavy atom. The highest BCUT2D eigenvalue weighted by Crippen LogP contribution is 2.45. The molecular weight excluding hydrogens is 352 g/mol. The molecule has 9 heteroatoms. The molecule has 0 bridgehead atoms. The fourth-order valence-electron chi connectivity index (χ4n) is 3.06. The number of ether oxygens (including phenoxy) is 3.